The highest BCUT2D eigenvalue weighted by Crippen LogP contribution is 2.24. The van der Waals surface area contributed by atoms with Crippen LogP contribution in [0, 0.1) is 11.7 Å². The minimum absolute atomic E-state index is 0.00236. The Bertz CT molecular complexity index is 363. The molecule has 1 heterocycles. The Morgan fingerprint density at radius 3 is 2.60 bits per heavy atom. The van der Waals surface area contributed by atoms with Crippen LogP contribution in [0.25, 0.3) is 0 Å². The maximum Gasteiger partial charge on any atom is 0.227 e. The fourth-order valence-electron chi connectivity index (χ4n) is 1.77. The summed E-state index contributed by atoms with van der Waals surface area (Å²) in [5.74, 6) is -0.327. The zero-order valence-electron chi connectivity index (χ0n) is 8.19. The van der Waals surface area contributed by atoms with Crippen LogP contribution in [-0.2, 0) is 4.79 Å². The summed E-state index contributed by atoms with van der Waals surface area (Å²) >= 11 is 0. The third-order valence-corrected chi connectivity index (χ3v) is 2.60. The number of benzene rings is 1. The molecule has 1 saturated heterocycles. The first-order valence-electron chi connectivity index (χ1n) is 4.87. The van der Waals surface area contributed by atoms with Gasteiger partial charge in [-0.15, -0.1) is 0 Å². The number of carbonyl (C=O) groups excluding carboxylic acids is 1. The molecule has 1 N–H and O–H groups in total. The van der Waals surface area contributed by atoms with E-state index in [1.54, 1.807) is 17.0 Å². The predicted octanol–water partition coefficient (Wildman–Crippen LogP) is 1.17. The highest BCUT2D eigenvalue weighted by Gasteiger charge is 2.29. The van der Waals surface area contributed by atoms with Crippen molar-refractivity contribution in [2.24, 2.45) is 5.92 Å². The number of rotatable bonds is 2. The molecular formula is C11H12FNO2. The van der Waals surface area contributed by atoms with Gasteiger partial charge in [-0.1, -0.05) is 0 Å². The molecule has 3 nitrogen and oxygen atoms in total. The first-order valence-corrected chi connectivity index (χ1v) is 4.87. The van der Waals surface area contributed by atoms with E-state index in [0.29, 0.717) is 18.7 Å². The topological polar surface area (TPSA) is 40.5 Å². The van der Waals surface area contributed by atoms with Crippen molar-refractivity contribution in [3.63, 3.8) is 0 Å². The van der Waals surface area contributed by atoms with Gasteiger partial charge in [-0.05, 0) is 24.3 Å². The summed E-state index contributed by atoms with van der Waals surface area (Å²) in [4.78, 5) is 13.1. The number of amides is 1. The number of aliphatic hydroxyl groups excluding tert-OH is 1. The monoisotopic (exact) mass is 209 g/mol. The van der Waals surface area contributed by atoms with Crippen molar-refractivity contribution in [1.82, 2.24) is 0 Å². The number of aliphatic hydroxyl groups is 1. The fourth-order valence-corrected chi connectivity index (χ4v) is 1.77. The maximum atomic E-state index is 12.7. The Hall–Kier alpha value is -1.42. The Morgan fingerprint density at radius 1 is 1.40 bits per heavy atom. The second-order valence-corrected chi connectivity index (χ2v) is 3.73. The lowest BCUT2D eigenvalue weighted by atomic mass is 10.1. The Labute approximate surface area is 87.1 Å². The van der Waals surface area contributed by atoms with Gasteiger partial charge < -0.3 is 10.0 Å². The lowest BCUT2D eigenvalue weighted by molar-refractivity contribution is -0.117. The van der Waals surface area contributed by atoms with E-state index in [1.807, 2.05) is 0 Å². The van der Waals surface area contributed by atoms with Crippen LogP contribution in [0.5, 0.6) is 0 Å². The van der Waals surface area contributed by atoms with Crippen LogP contribution in [-0.4, -0.2) is 24.2 Å². The summed E-state index contributed by atoms with van der Waals surface area (Å²) in [5.41, 5.74) is 0.692. The normalized spacial score (nSPS) is 21.1. The van der Waals surface area contributed by atoms with Crippen LogP contribution >= 0.6 is 0 Å². The Balaban J connectivity index is 2.18. The van der Waals surface area contributed by atoms with E-state index in [0.717, 1.165) is 0 Å². The van der Waals surface area contributed by atoms with Crippen LogP contribution in [0.4, 0.5) is 10.1 Å². The molecule has 0 radical (unpaired) electrons. The minimum Gasteiger partial charge on any atom is -0.396 e. The van der Waals surface area contributed by atoms with Crippen molar-refractivity contribution in [2.75, 3.05) is 18.1 Å². The van der Waals surface area contributed by atoms with E-state index in [1.165, 1.54) is 12.1 Å². The van der Waals surface area contributed by atoms with E-state index < -0.39 is 0 Å². The van der Waals surface area contributed by atoms with Gasteiger partial charge in [0.15, 0.2) is 0 Å². The number of carbonyl (C=O) groups is 1. The second kappa shape index (κ2) is 3.98. The second-order valence-electron chi connectivity index (χ2n) is 3.73. The molecule has 0 unspecified atom stereocenters. The van der Waals surface area contributed by atoms with E-state index in [4.69, 9.17) is 5.11 Å². The Kier molecular flexibility index (Phi) is 2.68. The molecule has 1 aromatic carbocycles. The van der Waals surface area contributed by atoms with Gasteiger partial charge in [-0.2, -0.15) is 0 Å². The molecule has 0 aromatic heterocycles. The van der Waals surface area contributed by atoms with Gasteiger partial charge in [0.25, 0.3) is 0 Å². The van der Waals surface area contributed by atoms with E-state index >= 15 is 0 Å². The minimum atomic E-state index is -0.316. The summed E-state index contributed by atoms with van der Waals surface area (Å²) < 4.78 is 12.7. The molecule has 0 saturated carbocycles. The average molecular weight is 209 g/mol. The smallest absolute Gasteiger partial charge is 0.227 e. The summed E-state index contributed by atoms with van der Waals surface area (Å²) in [6.07, 6.45) is 0.369. The largest absolute Gasteiger partial charge is 0.396 e. The zero-order chi connectivity index (χ0) is 10.8. The third kappa shape index (κ3) is 1.99. The summed E-state index contributed by atoms with van der Waals surface area (Å²) in [7, 11) is 0. The standard InChI is InChI=1S/C11H12FNO2/c12-9-1-3-10(4-2-9)13-6-8(7-14)5-11(13)15/h1-4,8,14H,5-7H2/t8-/m0/s1. The number of nitrogens with zero attached hydrogens (tertiary/aromatic N) is 1. The number of anilines is 1. The molecule has 1 aliphatic rings. The number of halogens is 1. The molecule has 1 fully saturated rings. The highest BCUT2D eigenvalue weighted by atomic mass is 19.1. The van der Waals surface area contributed by atoms with Crippen molar-refractivity contribution in [3.05, 3.63) is 30.1 Å². The lowest BCUT2D eigenvalue weighted by Crippen LogP contribution is -2.24. The van der Waals surface area contributed by atoms with Crippen LogP contribution in [0.1, 0.15) is 6.42 Å². The van der Waals surface area contributed by atoms with Crippen molar-refractivity contribution in [1.29, 1.82) is 0 Å². The third-order valence-electron chi connectivity index (χ3n) is 2.60. The van der Waals surface area contributed by atoms with Gasteiger partial charge in [-0.3, -0.25) is 4.79 Å². The van der Waals surface area contributed by atoms with Crippen molar-refractivity contribution < 1.29 is 14.3 Å². The van der Waals surface area contributed by atoms with Gasteiger partial charge in [0, 0.05) is 31.2 Å². The van der Waals surface area contributed by atoms with E-state index in [2.05, 4.69) is 0 Å². The lowest BCUT2D eigenvalue weighted by Gasteiger charge is -2.16. The average Bonchev–Trinajstić information content (AvgIpc) is 2.61. The van der Waals surface area contributed by atoms with Gasteiger partial charge in [0.1, 0.15) is 5.82 Å². The SMILES string of the molecule is O=C1C[C@H](CO)CN1c1ccc(F)cc1. The molecule has 1 aromatic rings. The van der Waals surface area contributed by atoms with Gasteiger partial charge in [0.05, 0.1) is 0 Å². The molecule has 1 amide bonds. The molecule has 0 bridgehead atoms. The molecule has 2 rings (SSSR count). The van der Waals surface area contributed by atoms with Gasteiger partial charge in [-0.25, -0.2) is 4.39 Å². The predicted molar refractivity (Wildman–Crippen MR) is 53.9 cm³/mol. The molecule has 0 aliphatic carbocycles. The zero-order valence-corrected chi connectivity index (χ0v) is 8.19. The first-order chi connectivity index (χ1) is 7.20. The molecule has 80 valence electrons. The molecule has 1 atom stereocenters. The first kappa shape index (κ1) is 10.1. The van der Waals surface area contributed by atoms with Crippen LogP contribution < -0.4 is 4.90 Å². The molecule has 1 aliphatic heterocycles. The highest BCUT2D eigenvalue weighted by molar-refractivity contribution is 5.95. The molecule has 15 heavy (non-hydrogen) atoms. The maximum absolute atomic E-state index is 12.7. The van der Waals surface area contributed by atoms with Crippen molar-refractivity contribution in [3.8, 4) is 0 Å². The van der Waals surface area contributed by atoms with Crippen LogP contribution in [0.2, 0.25) is 0 Å². The quantitative estimate of drug-likeness (QED) is 0.794. The van der Waals surface area contributed by atoms with Crippen molar-refractivity contribution in [2.45, 2.75) is 6.42 Å². The van der Waals surface area contributed by atoms with Gasteiger partial charge >= 0.3 is 0 Å². The molecule has 0 spiro atoms. The fraction of sp³-hybridized carbons (Fsp3) is 0.364. The number of hydrogen-bond acceptors (Lipinski definition) is 2. The summed E-state index contributed by atoms with van der Waals surface area (Å²) in [6, 6.07) is 5.81. The Morgan fingerprint density at radius 2 is 2.07 bits per heavy atom. The van der Waals surface area contributed by atoms with E-state index in [9.17, 15) is 9.18 Å². The van der Waals surface area contributed by atoms with Crippen molar-refractivity contribution >= 4 is 11.6 Å². The summed E-state index contributed by atoms with van der Waals surface area (Å²) in [5, 5.41) is 8.95. The number of hydrogen-bond donors (Lipinski definition) is 1. The van der Waals surface area contributed by atoms with E-state index in [-0.39, 0.29) is 24.2 Å². The van der Waals surface area contributed by atoms with Gasteiger partial charge in [0.2, 0.25) is 5.91 Å². The van der Waals surface area contributed by atoms with Crippen LogP contribution in [0.3, 0.4) is 0 Å². The molecule has 4 heteroatoms. The molecular weight excluding hydrogens is 197 g/mol. The van der Waals surface area contributed by atoms with Crippen LogP contribution in [0.15, 0.2) is 24.3 Å². The summed E-state index contributed by atoms with van der Waals surface area (Å²) in [6.45, 7) is 0.532.